The maximum Gasteiger partial charge on any atom is 0.380 e. The molecule has 5 atom stereocenters. The maximum absolute atomic E-state index is 14.3. The molecule has 250 valence electrons. The number of hydrogen-bond donors (Lipinski definition) is 3. The van der Waals surface area contributed by atoms with E-state index >= 15 is 0 Å². The van der Waals surface area contributed by atoms with Crippen molar-refractivity contribution in [2.75, 3.05) is 25.1 Å². The molecule has 0 aliphatic heterocycles. The highest BCUT2D eigenvalue weighted by Gasteiger charge is 2.52. The van der Waals surface area contributed by atoms with Crippen molar-refractivity contribution in [1.82, 2.24) is 19.5 Å². The minimum Gasteiger partial charge on any atom is -0.463 e. The second kappa shape index (κ2) is 14.6. The van der Waals surface area contributed by atoms with Crippen LogP contribution in [0.5, 0.6) is 5.75 Å². The van der Waals surface area contributed by atoms with E-state index in [4.69, 9.17) is 30.0 Å². The summed E-state index contributed by atoms with van der Waals surface area (Å²) in [5.41, 5.74) is 11.4. The number of imidazole rings is 1. The van der Waals surface area contributed by atoms with Gasteiger partial charge in [0.05, 0.1) is 30.2 Å². The van der Waals surface area contributed by atoms with Gasteiger partial charge in [0, 0.05) is 6.20 Å². The predicted molar refractivity (Wildman–Crippen MR) is 173 cm³/mol. The van der Waals surface area contributed by atoms with Gasteiger partial charge >= 0.3 is 19.5 Å². The second-order valence-corrected chi connectivity index (χ2v) is 14.2. The van der Waals surface area contributed by atoms with Gasteiger partial charge < -0.3 is 25.5 Å². The minimum atomic E-state index is -3.98. The van der Waals surface area contributed by atoms with Crippen LogP contribution in [0.3, 0.4) is 0 Å². The number of carbonyl (C=O) groups excluding carboxylic acids is 2. The van der Waals surface area contributed by atoms with Gasteiger partial charge in [-0.3, -0.25) is 28.5 Å². The van der Waals surface area contributed by atoms with Crippen molar-refractivity contribution in [3.8, 4) is 5.75 Å². The first-order chi connectivity index (χ1) is 21.8. The summed E-state index contributed by atoms with van der Waals surface area (Å²) in [7, 11) is -3.98. The molecule has 0 bridgehead atoms. The largest absolute Gasteiger partial charge is 0.463 e. The monoisotopic (exact) mass is 658 g/mol. The summed E-state index contributed by atoms with van der Waals surface area (Å²) in [5.74, 6) is -1.81. The van der Waals surface area contributed by atoms with Crippen LogP contribution in [0.2, 0.25) is 0 Å². The molecule has 1 aromatic carbocycles. The van der Waals surface area contributed by atoms with Crippen LogP contribution in [0.4, 0.5) is 5.95 Å². The van der Waals surface area contributed by atoms with Crippen LogP contribution in [-0.4, -0.2) is 63.0 Å². The highest BCUT2D eigenvalue weighted by molar-refractivity contribution is 7.54. The second-order valence-electron chi connectivity index (χ2n) is 12.2. The fraction of sp³-hybridized carbons (Fsp3) is 0.516. The molecule has 0 unspecified atom stereocenters. The van der Waals surface area contributed by atoms with Crippen LogP contribution >= 0.6 is 7.60 Å². The number of benzene rings is 1. The van der Waals surface area contributed by atoms with E-state index < -0.39 is 42.5 Å². The van der Waals surface area contributed by atoms with Crippen molar-refractivity contribution in [3.63, 3.8) is 0 Å². The Bertz CT molecular complexity index is 1670. The van der Waals surface area contributed by atoms with Gasteiger partial charge in [-0.2, -0.15) is 4.98 Å². The van der Waals surface area contributed by atoms with Crippen molar-refractivity contribution in [2.45, 2.75) is 66.0 Å². The van der Waals surface area contributed by atoms with Gasteiger partial charge in [0.1, 0.15) is 24.7 Å². The summed E-state index contributed by atoms with van der Waals surface area (Å²) in [5, 5.41) is 0. The Morgan fingerprint density at radius 2 is 1.87 bits per heavy atom. The van der Waals surface area contributed by atoms with Crippen LogP contribution in [0.15, 0.2) is 47.0 Å². The van der Waals surface area contributed by atoms with Gasteiger partial charge in [-0.05, 0) is 43.4 Å². The summed E-state index contributed by atoms with van der Waals surface area (Å²) in [6.07, 6.45) is 4.51. The third-order valence-electron chi connectivity index (χ3n) is 7.75. The summed E-state index contributed by atoms with van der Waals surface area (Å²) in [4.78, 5) is 48.6. The Hall–Kier alpha value is -4.00. The van der Waals surface area contributed by atoms with E-state index in [9.17, 15) is 18.9 Å². The number of hydrogen-bond acceptors (Lipinski definition) is 12. The quantitative estimate of drug-likeness (QED) is 0.147. The molecule has 2 aromatic heterocycles. The molecular weight excluding hydrogens is 615 g/mol. The Morgan fingerprint density at radius 3 is 2.54 bits per heavy atom. The standard InChI is InChI=1S/C31H43N6O8P/c1-6-10-21(5)44-28(39)20(4)15-46(41,45-23-11-8-7-9-12-23)43-17-31(16-42-29(40)24(32)19(2)3)13-22(31)14-37-18-34-25-26(37)35-30(33)36-27(25)38/h7-9,11-12,14,18-21,24H,6,10,13,15-17,32H2,1-5H3,(H3,33,35,36,38)/b22-14-/t20-,21+,24-,31+,46+/m1/s1. The lowest BCUT2D eigenvalue weighted by Crippen LogP contribution is -2.38. The summed E-state index contributed by atoms with van der Waals surface area (Å²) in [6, 6.07) is 7.68. The van der Waals surface area contributed by atoms with Crippen LogP contribution in [0.25, 0.3) is 17.4 Å². The number of nitrogens with zero attached hydrogens (tertiary/aromatic N) is 3. The molecule has 15 heteroatoms. The zero-order valence-corrected chi connectivity index (χ0v) is 27.7. The number of para-hydroxylation sites is 1. The first-order valence-corrected chi connectivity index (χ1v) is 17.0. The van der Waals surface area contributed by atoms with Crippen LogP contribution in [0.1, 0.15) is 53.9 Å². The lowest BCUT2D eigenvalue weighted by atomic mass is 10.1. The molecule has 5 N–H and O–H groups in total. The van der Waals surface area contributed by atoms with Crippen molar-refractivity contribution in [2.24, 2.45) is 23.0 Å². The zero-order chi connectivity index (χ0) is 33.6. The number of anilines is 1. The number of rotatable bonds is 16. The molecule has 0 amide bonds. The van der Waals surface area contributed by atoms with E-state index in [1.54, 1.807) is 43.5 Å². The Labute approximate surface area is 267 Å². The lowest BCUT2D eigenvalue weighted by molar-refractivity contribution is -0.152. The third-order valence-corrected chi connectivity index (χ3v) is 9.76. The van der Waals surface area contributed by atoms with Crippen molar-refractivity contribution >= 4 is 42.8 Å². The molecule has 46 heavy (non-hydrogen) atoms. The highest BCUT2D eigenvalue weighted by Crippen LogP contribution is 2.58. The molecule has 1 saturated carbocycles. The fourth-order valence-corrected chi connectivity index (χ4v) is 6.72. The number of nitrogens with two attached hydrogens (primary N) is 2. The molecule has 0 spiro atoms. The number of carbonyl (C=O) groups is 2. The number of aromatic nitrogens is 4. The first-order valence-electron chi connectivity index (χ1n) is 15.3. The topological polar surface area (TPSA) is 204 Å². The van der Waals surface area contributed by atoms with Crippen LogP contribution in [-0.2, 0) is 28.2 Å². The molecule has 1 aliphatic rings. The Morgan fingerprint density at radius 1 is 1.15 bits per heavy atom. The van der Waals surface area contributed by atoms with Crippen LogP contribution < -0.4 is 21.6 Å². The minimum absolute atomic E-state index is 0.0737. The van der Waals surface area contributed by atoms with Crippen LogP contribution in [0, 0.1) is 17.3 Å². The van der Waals surface area contributed by atoms with E-state index in [-0.39, 0.29) is 48.5 Å². The molecular formula is C31H43N6O8P. The van der Waals surface area contributed by atoms with E-state index in [1.807, 2.05) is 27.7 Å². The zero-order valence-electron chi connectivity index (χ0n) is 26.8. The van der Waals surface area contributed by atoms with E-state index in [0.29, 0.717) is 18.6 Å². The number of ether oxygens (including phenoxy) is 2. The van der Waals surface area contributed by atoms with Gasteiger partial charge in [0.25, 0.3) is 5.56 Å². The molecule has 0 radical (unpaired) electrons. The molecule has 1 fully saturated rings. The number of fused-ring (bicyclic) bond motifs is 1. The third kappa shape index (κ3) is 8.62. The first kappa shape index (κ1) is 34.9. The van der Waals surface area contributed by atoms with E-state index in [2.05, 4.69) is 15.0 Å². The highest BCUT2D eigenvalue weighted by atomic mass is 31.2. The van der Waals surface area contributed by atoms with Crippen molar-refractivity contribution < 1.29 is 32.7 Å². The van der Waals surface area contributed by atoms with Gasteiger partial charge in [-0.25, -0.2) is 9.55 Å². The summed E-state index contributed by atoms with van der Waals surface area (Å²) >= 11 is 0. The molecule has 2 heterocycles. The smallest absolute Gasteiger partial charge is 0.380 e. The van der Waals surface area contributed by atoms with Gasteiger partial charge in [-0.15, -0.1) is 0 Å². The number of nitrogens with one attached hydrogen (secondary N) is 1. The summed E-state index contributed by atoms with van der Waals surface area (Å²) < 4.78 is 39.0. The number of aromatic amines is 1. The molecule has 4 rings (SSSR count). The fourth-order valence-electron chi connectivity index (χ4n) is 4.79. The number of H-pyrrole nitrogens is 1. The summed E-state index contributed by atoms with van der Waals surface area (Å²) in [6.45, 7) is 8.74. The van der Waals surface area contributed by atoms with Crippen molar-refractivity contribution in [3.05, 3.63) is 52.6 Å². The lowest BCUT2D eigenvalue weighted by Gasteiger charge is -2.25. The molecule has 14 nitrogen and oxygen atoms in total. The number of nitrogen functional groups attached to an aromatic ring is 1. The normalized spacial score (nSPS) is 20.2. The average molecular weight is 659 g/mol. The van der Waals surface area contributed by atoms with E-state index in [0.717, 1.165) is 12.0 Å². The molecule has 3 aromatic rings. The average Bonchev–Trinajstić information content (AvgIpc) is 3.53. The van der Waals surface area contributed by atoms with Gasteiger partial charge in [0.2, 0.25) is 5.95 Å². The molecule has 0 saturated heterocycles. The Kier molecular flexibility index (Phi) is 11.1. The van der Waals surface area contributed by atoms with Crippen molar-refractivity contribution in [1.29, 1.82) is 0 Å². The maximum atomic E-state index is 14.3. The Balaban J connectivity index is 1.61. The predicted octanol–water partition coefficient (Wildman–Crippen LogP) is 4.12. The SMILES string of the molecule is CCC[C@H](C)OC(=O)[C@H](C)C[P@](=O)(OC[C@@]1(COC(=O)[C@H](N)C(C)C)C/C1=C/n1cnc2c(=O)[nH]c(N)nc21)Oc1ccccc1. The molecule has 1 aliphatic carbocycles. The number of esters is 2. The van der Waals surface area contributed by atoms with Gasteiger partial charge in [0.15, 0.2) is 11.2 Å². The van der Waals surface area contributed by atoms with Gasteiger partial charge in [-0.1, -0.05) is 52.3 Å². The van der Waals surface area contributed by atoms with E-state index in [1.165, 1.54) is 10.9 Å².